The molecular weight excluding hydrogens is 329 g/mol. The molecule has 8 nitrogen and oxygen atoms in total. The molecular formula is C16H16FN5O3. The van der Waals surface area contributed by atoms with Crippen LogP contribution in [0, 0.1) is 5.82 Å². The summed E-state index contributed by atoms with van der Waals surface area (Å²) in [5.74, 6) is -0.611. The summed E-state index contributed by atoms with van der Waals surface area (Å²) >= 11 is 0. The van der Waals surface area contributed by atoms with Gasteiger partial charge in [0.25, 0.3) is 0 Å². The number of halogens is 1. The van der Waals surface area contributed by atoms with Crippen LogP contribution in [0.2, 0.25) is 0 Å². The maximum Gasteiger partial charge on any atom is 0.414 e. The van der Waals surface area contributed by atoms with Crippen LogP contribution in [0.1, 0.15) is 12.8 Å². The van der Waals surface area contributed by atoms with Crippen molar-refractivity contribution in [2.75, 3.05) is 22.9 Å². The van der Waals surface area contributed by atoms with E-state index in [1.807, 2.05) is 0 Å². The van der Waals surface area contributed by atoms with Crippen LogP contribution in [-0.2, 0) is 16.1 Å². The summed E-state index contributed by atoms with van der Waals surface area (Å²) in [4.78, 5) is 26.7. The minimum Gasteiger partial charge on any atom is -0.442 e. The van der Waals surface area contributed by atoms with Gasteiger partial charge in [-0.3, -0.25) is 9.69 Å². The zero-order chi connectivity index (χ0) is 17.4. The molecule has 0 aliphatic carbocycles. The quantitative estimate of drug-likeness (QED) is 0.840. The lowest BCUT2D eigenvalue weighted by Crippen LogP contribution is -2.27. The van der Waals surface area contributed by atoms with Crippen molar-refractivity contribution in [1.82, 2.24) is 15.0 Å². The minimum absolute atomic E-state index is 0.0832. The van der Waals surface area contributed by atoms with E-state index >= 15 is 0 Å². The molecule has 2 aromatic rings. The molecule has 0 saturated carbocycles. The Morgan fingerprint density at radius 2 is 2.16 bits per heavy atom. The average molecular weight is 345 g/mol. The van der Waals surface area contributed by atoms with Crippen molar-refractivity contribution >= 4 is 23.4 Å². The Morgan fingerprint density at radius 1 is 1.28 bits per heavy atom. The zero-order valence-electron chi connectivity index (χ0n) is 13.3. The summed E-state index contributed by atoms with van der Waals surface area (Å²) in [5, 5.41) is 7.54. The molecule has 1 atom stereocenters. The maximum absolute atomic E-state index is 14.5. The Hall–Kier alpha value is -2.97. The number of ether oxygens (including phenoxy) is 1. The fourth-order valence-electron chi connectivity index (χ4n) is 3.15. The van der Waals surface area contributed by atoms with Crippen LogP contribution < -0.4 is 9.80 Å². The van der Waals surface area contributed by atoms with Gasteiger partial charge in [-0.25, -0.2) is 13.9 Å². The number of hydrogen-bond acceptors (Lipinski definition) is 5. The number of carbonyl (C=O) groups excluding carboxylic acids is 2. The fourth-order valence-corrected chi connectivity index (χ4v) is 3.15. The Balaban J connectivity index is 1.50. The first-order valence-electron chi connectivity index (χ1n) is 8.04. The summed E-state index contributed by atoms with van der Waals surface area (Å²) in [5.41, 5.74) is 0.650. The lowest BCUT2D eigenvalue weighted by atomic mass is 10.2. The van der Waals surface area contributed by atoms with E-state index in [0.29, 0.717) is 31.7 Å². The summed E-state index contributed by atoms with van der Waals surface area (Å²) in [6.07, 6.45) is 3.46. The van der Waals surface area contributed by atoms with E-state index in [1.165, 1.54) is 21.9 Å². The molecule has 130 valence electrons. The Bertz CT molecular complexity index is 810. The lowest BCUT2D eigenvalue weighted by Gasteiger charge is -2.19. The number of nitrogens with zero attached hydrogens (tertiary/aromatic N) is 5. The third-order valence-corrected chi connectivity index (χ3v) is 4.34. The highest BCUT2D eigenvalue weighted by molar-refractivity contribution is 5.96. The van der Waals surface area contributed by atoms with Gasteiger partial charge in [0.2, 0.25) is 5.91 Å². The first-order chi connectivity index (χ1) is 12.1. The average Bonchev–Trinajstić information content (AvgIpc) is 3.30. The highest BCUT2D eigenvalue weighted by Crippen LogP contribution is 2.30. The smallest absolute Gasteiger partial charge is 0.414 e. The van der Waals surface area contributed by atoms with Crippen LogP contribution in [0.15, 0.2) is 30.6 Å². The largest absolute Gasteiger partial charge is 0.442 e. The normalized spacial score (nSPS) is 20.4. The third kappa shape index (κ3) is 2.92. The summed E-state index contributed by atoms with van der Waals surface area (Å²) in [7, 11) is 0. The second-order valence-electron chi connectivity index (χ2n) is 6.03. The molecule has 0 unspecified atom stereocenters. The van der Waals surface area contributed by atoms with E-state index in [2.05, 4.69) is 10.3 Å². The van der Waals surface area contributed by atoms with Gasteiger partial charge in [-0.05, 0) is 24.6 Å². The van der Waals surface area contributed by atoms with Gasteiger partial charge in [0.1, 0.15) is 11.9 Å². The van der Waals surface area contributed by atoms with E-state index in [4.69, 9.17) is 4.74 Å². The van der Waals surface area contributed by atoms with Crippen molar-refractivity contribution in [2.45, 2.75) is 25.5 Å². The molecule has 2 aliphatic heterocycles. The first kappa shape index (κ1) is 15.6. The zero-order valence-corrected chi connectivity index (χ0v) is 13.3. The SMILES string of the molecule is O=C1O[C@@H](Cn2ccnn2)CN1c1ccc(N2CCCC2=O)c(F)c1. The number of carbonyl (C=O) groups is 2. The lowest BCUT2D eigenvalue weighted by molar-refractivity contribution is -0.117. The van der Waals surface area contributed by atoms with Gasteiger partial charge >= 0.3 is 6.09 Å². The predicted molar refractivity (Wildman–Crippen MR) is 85.6 cm³/mol. The molecule has 1 aromatic heterocycles. The van der Waals surface area contributed by atoms with Gasteiger partial charge in [-0.15, -0.1) is 5.10 Å². The predicted octanol–water partition coefficient (Wildman–Crippen LogP) is 1.57. The van der Waals surface area contributed by atoms with Gasteiger partial charge < -0.3 is 9.64 Å². The summed E-state index contributed by atoms with van der Waals surface area (Å²) in [6.45, 7) is 1.19. The Kier molecular flexibility index (Phi) is 3.83. The molecule has 3 heterocycles. The van der Waals surface area contributed by atoms with E-state index < -0.39 is 18.0 Å². The molecule has 2 saturated heterocycles. The second kappa shape index (κ2) is 6.15. The molecule has 0 radical (unpaired) electrons. The fraction of sp³-hybridized carbons (Fsp3) is 0.375. The summed E-state index contributed by atoms with van der Waals surface area (Å²) < 4.78 is 21.3. The molecule has 4 rings (SSSR count). The summed E-state index contributed by atoms with van der Waals surface area (Å²) in [6, 6.07) is 4.43. The molecule has 2 amide bonds. The molecule has 0 spiro atoms. The Morgan fingerprint density at radius 3 is 2.84 bits per heavy atom. The molecule has 1 aromatic carbocycles. The van der Waals surface area contributed by atoms with E-state index in [0.717, 1.165) is 6.42 Å². The van der Waals surface area contributed by atoms with E-state index in [-0.39, 0.29) is 11.6 Å². The number of amides is 2. The van der Waals surface area contributed by atoms with Crippen molar-refractivity contribution in [3.8, 4) is 0 Å². The molecule has 25 heavy (non-hydrogen) atoms. The van der Waals surface area contributed by atoms with Gasteiger partial charge in [0.05, 0.1) is 30.7 Å². The number of aromatic nitrogens is 3. The van der Waals surface area contributed by atoms with Crippen molar-refractivity contribution in [3.05, 3.63) is 36.4 Å². The highest BCUT2D eigenvalue weighted by Gasteiger charge is 2.33. The number of cyclic esters (lactones) is 1. The van der Waals surface area contributed by atoms with Gasteiger partial charge in [-0.2, -0.15) is 0 Å². The molecule has 9 heteroatoms. The topological polar surface area (TPSA) is 80.6 Å². The van der Waals surface area contributed by atoms with Crippen LogP contribution in [0.4, 0.5) is 20.6 Å². The first-order valence-corrected chi connectivity index (χ1v) is 8.04. The molecule has 2 fully saturated rings. The molecule has 2 aliphatic rings. The second-order valence-corrected chi connectivity index (χ2v) is 6.03. The van der Waals surface area contributed by atoms with Crippen LogP contribution in [0.3, 0.4) is 0 Å². The monoisotopic (exact) mass is 345 g/mol. The van der Waals surface area contributed by atoms with E-state index in [1.54, 1.807) is 23.1 Å². The van der Waals surface area contributed by atoms with Crippen molar-refractivity contribution in [3.63, 3.8) is 0 Å². The maximum atomic E-state index is 14.5. The molecule has 0 N–H and O–H groups in total. The van der Waals surface area contributed by atoms with Crippen LogP contribution in [0.5, 0.6) is 0 Å². The van der Waals surface area contributed by atoms with Crippen LogP contribution >= 0.6 is 0 Å². The Labute approximate surface area is 142 Å². The van der Waals surface area contributed by atoms with Crippen molar-refractivity contribution in [1.29, 1.82) is 0 Å². The number of anilines is 2. The van der Waals surface area contributed by atoms with Gasteiger partial charge in [-0.1, -0.05) is 5.21 Å². The number of benzene rings is 1. The minimum atomic E-state index is -0.533. The third-order valence-electron chi connectivity index (χ3n) is 4.34. The number of rotatable bonds is 4. The van der Waals surface area contributed by atoms with Crippen LogP contribution in [-0.4, -0.2) is 46.2 Å². The molecule has 0 bridgehead atoms. The van der Waals surface area contributed by atoms with Crippen molar-refractivity contribution in [2.24, 2.45) is 0 Å². The highest BCUT2D eigenvalue weighted by atomic mass is 19.1. The van der Waals surface area contributed by atoms with Gasteiger partial charge in [0.15, 0.2) is 0 Å². The standard InChI is InChI=1S/C16H16FN5O3/c17-13-8-11(3-4-14(13)21-6-1-2-15(21)23)22-10-12(25-16(22)24)9-20-7-5-18-19-20/h3-5,7-8,12H,1-2,6,9-10H2/t12-/m0/s1. The van der Waals surface area contributed by atoms with E-state index in [9.17, 15) is 14.0 Å². The van der Waals surface area contributed by atoms with Gasteiger partial charge in [0, 0.05) is 19.2 Å². The van der Waals surface area contributed by atoms with Crippen molar-refractivity contribution < 1.29 is 18.7 Å². The number of hydrogen-bond donors (Lipinski definition) is 0. The van der Waals surface area contributed by atoms with Crippen LogP contribution in [0.25, 0.3) is 0 Å².